The maximum absolute atomic E-state index is 8.85. The fourth-order valence-corrected chi connectivity index (χ4v) is 1.82. The molecule has 3 nitrogen and oxygen atoms in total. The Morgan fingerprint density at radius 3 is 2.45 bits per heavy atom. The molecule has 1 unspecified atom stereocenters. The molecule has 4 heteroatoms. The molecule has 0 rings (SSSR count). The first-order chi connectivity index (χ1) is 5.35. The third kappa shape index (κ3) is 6.62. The van der Waals surface area contributed by atoms with E-state index in [0.717, 1.165) is 25.1 Å². The summed E-state index contributed by atoms with van der Waals surface area (Å²) in [6, 6.07) is 0. The van der Waals surface area contributed by atoms with Crippen molar-refractivity contribution in [1.29, 1.82) is 0 Å². The number of aliphatic hydroxyl groups is 1. The molecule has 0 bridgehead atoms. The third-order valence-electron chi connectivity index (χ3n) is 1.39. The van der Waals surface area contributed by atoms with Crippen molar-refractivity contribution in [3.63, 3.8) is 0 Å². The van der Waals surface area contributed by atoms with Crippen LogP contribution in [0.1, 0.15) is 12.8 Å². The number of aliphatic hydroxyl groups excluding tert-OH is 1. The van der Waals surface area contributed by atoms with Crippen LogP contribution < -0.4 is 11.5 Å². The zero-order valence-electron chi connectivity index (χ0n) is 6.83. The lowest BCUT2D eigenvalue weighted by Crippen LogP contribution is -2.15. The Balaban J connectivity index is 3.20. The van der Waals surface area contributed by atoms with Gasteiger partial charge in [-0.2, -0.15) is 11.8 Å². The fourth-order valence-electron chi connectivity index (χ4n) is 0.747. The van der Waals surface area contributed by atoms with Crippen LogP contribution in [0.25, 0.3) is 0 Å². The molecule has 0 saturated heterocycles. The normalized spacial score (nSPS) is 13.4. The van der Waals surface area contributed by atoms with E-state index in [1.807, 2.05) is 0 Å². The van der Waals surface area contributed by atoms with Crippen LogP contribution in [0, 0.1) is 0 Å². The summed E-state index contributed by atoms with van der Waals surface area (Å²) in [4.78, 5) is 0. The van der Waals surface area contributed by atoms with Gasteiger partial charge in [-0.3, -0.25) is 0 Å². The van der Waals surface area contributed by atoms with Crippen molar-refractivity contribution < 1.29 is 5.11 Å². The molecule has 0 radical (unpaired) electrons. The molecule has 0 heterocycles. The number of nitrogens with two attached hydrogens (primary N) is 2. The van der Waals surface area contributed by atoms with Gasteiger partial charge in [0.25, 0.3) is 0 Å². The van der Waals surface area contributed by atoms with Gasteiger partial charge in [0.2, 0.25) is 0 Å². The Hall–Kier alpha value is 0.230. The summed E-state index contributed by atoms with van der Waals surface area (Å²) in [5.74, 6) is 1.03. The van der Waals surface area contributed by atoms with Crippen molar-refractivity contribution in [2.24, 2.45) is 11.5 Å². The minimum atomic E-state index is 0.229. The Bertz CT molecular complexity index is 82.8. The van der Waals surface area contributed by atoms with Crippen molar-refractivity contribution in [2.75, 3.05) is 25.4 Å². The zero-order chi connectivity index (χ0) is 8.53. The zero-order valence-corrected chi connectivity index (χ0v) is 7.65. The van der Waals surface area contributed by atoms with E-state index < -0.39 is 0 Å². The summed E-state index contributed by atoms with van der Waals surface area (Å²) in [6.45, 7) is 1.61. The van der Waals surface area contributed by atoms with E-state index in [0.29, 0.717) is 11.8 Å². The van der Waals surface area contributed by atoms with E-state index in [1.165, 1.54) is 0 Å². The van der Waals surface area contributed by atoms with Gasteiger partial charge in [-0.05, 0) is 31.7 Å². The smallest absolute Gasteiger partial charge is 0.0550 e. The van der Waals surface area contributed by atoms with E-state index in [2.05, 4.69) is 0 Å². The van der Waals surface area contributed by atoms with Gasteiger partial charge in [-0.25, -0.2) is 0 Å². The SMILES string of the molecule is NCCCSC(CO)CCN. The van der Waals surface area contributed by atoms with E-state index in [4.69, 9.17) is 16.6 Å². The maximum atomic E-state index is 8.85. The lowest BCUT2D eigenvalue weighted by molar-refractivity contribution is 0.291. The van der Waals surface area contributed by atoms with Gasteiger partial charge < -0.3 is 16.6 Å². The molecule has 0 aromatic heterocycles. The monoisotopic (exact) mass is 178 g/mol. The Morgan fingerprint density at radius 1 is 1.27 bits per heavy atom. The Morgan fingerprint density at radius 2 is 2.00 bits per heavy atom. The fraction of sp³-hybridized carbons (Fsp3) is 1.00. The molecule has 0 saturated carbocycles. The van der Waals surface area contributed by atoms with Gasteiger partial charge in [0, 0.05) is 5.25 Å². The summed E-state index contributed by atoms with van der Waals surface area (Å²) in [6.07, 6.45) is 1.91. The number of thioether (sulfide) groups is 1. The number of hydrogen-bond donors (Lipinski definition) is 3. The lowest BCUT2D eigenvalue weighted by Gasteiger charge is -2.11. The van der Waals surface area contributed by atoms with Crippen LogP contribution >= 0.6 is 11.8 Å². The number of hydrogen-bond acceptors (Lipinski definition) is 4. The highest BCUT2D eigenvalue weighted by Crippen LogP contribution is 2.13. The Kier molecular flexibility index (Phi) is 8.50. The van der Waals surface area contributed by atoms with Crippen LogP contribution in [0.15, 0.2) is 0 Å². The standard InChI is InChI=1S/C7H18N2OS/c8-3-1-5-11-7(6-10)2-4-9/h7,10H,1-6,8-9H2. The first-order valence-electron chi connectivity index (χ1n) is 3.97. The third-order valence-corrected chi connectivity index (χ3v) is 2.77. The molecule has 0 aliphatic carbocycles. The highest BCUT2D eigenvalue weighted by molar-refractivity contribution is 7.99. The average Bonchev–Trinajstić information content (AvgIpc) is 2.03. The van der Waals surface area contributed by atoms with Crippen LogP contribution in [0.3, 0.4) is 0 Å². The average molecular weight is 178 g/mol. The highest BCUT2D eigenvalue weighted by Gasteiger charge is 2.04. The second kappa shape index (κ2) is 8.33. The van der Waals surface area contributed by atoms with Gasteiger partial charge in [0.15, 0.2) is 0 Å². The van der Waals surface area contributed by atoms with Crippen molar-refractivity contribution in [3.05, 3.63) is 0 Å². The van der Waals surface area contributed by atoms with Gasteiger partial charge in [-0.1, -0.05) is 0 Å². The summed E-state index contributed by atoms with van der Waals surface area (Å²) < 4.78 is 0. The lowest BCUT2D eigenvalue weighted by atomic mass is 10.3. The summed E-state index contributed by atoms with van der Waals surface area (Å²) in [5, 5.41) is 9.16. The molecular formula is C7H18N2OS. The van der Waals surface area contributed by atoms with Crippen LogP contribution in [0.4, 0.5) is 0 Å². The molecule has 11 heavy (non-hydrogen) atoms. The van der Waals surface area contributed by atoms with E-state index in [1.54, 1.807) is 11.8 Å². The quantitative estimate of drug-likeness (QED) is 0.471. The topological polar surface area (TPSA) is 72.3 Å². The minimum absolute atomic E-state index is 0.229. The predicted molar refractivity (Wildman–Crippen MR) is 50.7 cm³/mol. The molecule has 1 atom stereocenters. The van der Waals surface area contributed by atoms with Crippen molar-refractivity contribution in [2.45, 2.75) is 18.1 Å². The first-order valence-corrected chi connectivity index (χ1v) is 5.02. The maximum Gasteiger partial charge on any atom is 0.0550 e. The molecule has 0 fully saturated rings. The van der Waals surface area contributed by atoms with Gasteiger partial charge in [0.1, 0.15) is 0 Å². The second-order valence-corrected chi connectivity index (χ2v) is 3.80. The minimum Gasteiger partial charge on any atom is -0.395 e. The molecule has 0 spiro atoms. The second-order valence-electron chi connectivity index (χ2n) is 2.39. The molecule has 0 aromatic carbocycles. The van der Waals surface area contributed by atoms with Gasteiger partial charge in [-0.15, -0.1) is 0 Å². The van der Waals surface area contributed by atoms with E-state index in [9.17, 15) is 0 Å². The van der Waals surface area contributed by atoms with E-state index in [-0.39, 0.29) is 6.61 Å². The van der Waals surface area contributed by atoms with E-state index >= 15 is 0 Å². The predicted octanol–water partition coefficient (Wildman–Crippen LogP) is -0.222. The Labute approximate surface area is 72.5 Å². The number of rotatable bonds is 7. The summed E-state index contributed by atoms with van der Waals surface area (Å²) in [5.41, 5.74) is 10.7. The van der Waals surface area contributed by atoms with Crippen LogP contribution in [-0.2, 0) is 0 Å². The molecule has 0 aliphatic rings. The summed E-state index contributed by atoms with van der Waals surface area (Å²) in [7, 11) is 0. The largest absolute Gasteiger partial charge is 0.395 e. The molecule has 0 aromatic rings. The molecule has 0 amide bonds. The van der Waals surface area contributed by atoms with Gasteiger partial charge >= 0.3 is 0 Å². The van der Waals surface area contributed by atoms with Gasteiger partial charge in [0.05, 0.1) is 6.61 Å². The highest BCUT2D eigenvalue weighted by atomic mass is 32.2. The molecule has 0 aliphatic heterocycles. The van der Waals surface area contributed by atoms with Crippen LogP contribution in [-0.4, -0.2) is 35.8 Å². The first kappa shape index (κ1) is 11.2. The molecule has 68 valence electrons. The van der Waals surface area contributed by atoms with Crippen molar-refractivity contribution in [3.8, 4) is 0 Å². The van der Waals surface area contributed by atoms with Crippen LogP contribution in [0.2, 0.25) is 0 Å². The molecular weight excluding hydrogens is 160 g/mol. The van der Waals surface area contributed by atoms with Crippen LogP contribution in [0.5, 0.6) is 0 Å². The van der Waals surface area contributed by atoms with Crippen molar-refractivity contribution >= 4 is 11.8 Å². The summed E-state index contributed by atoms with van der Waals surface area (Å²) >= 11 is 1.76. The van der Waals surface area contributed by atoms with Crippen molar-refractivity contribution in [1.82, 2.24) is 0 Å². The molecule has 5 N–H and O–H groups in total.